The summed E-state index contributed by atoms with van der Waals surface area (Å²) in [6.07, 6.45) is 7.93. The molecule has 0 saturated carbocycles. The zero-order valence-electron chi connectivity index (χ0n) is 24.5. The largest absolute Gasteiger partial charge is 0.456 e. The van der Waals surface area contributed by atoms with Crippen LogP contribution in [0.1, 0.15) is 23.5 Å². The Bertz CT molecular complexity index is 2430. The van der Waals surface area contributed by atoms with Gasteiger partial charge in [0.05, 0.1) is 11.1 Å². The van der Waals surface area contributed by atoms with Gasteiger partial charge in [-0.2, -0.15) is 0 Å². The molecule has 0 aliphatic heterocycles. The van der Waals surface area contributed by atoms with Crippen molar-refractivity contribution >= 4 is 70.4 Å². The number of thiophene rings is 1. The minimum atomic E-state index is 0.284. The van der Waals surface area contributed by atoms with Crippen molar-refractivity contribution in [1.82, 2.24) is 0 Å². The molecule has 0 saturated heterocycles. The Labute approximate surface area is 265 Å². The lowest BCUT2D eigenvalue weighted by Crippen LogP contribution is -2.00. The topological polar surface area (TPSA) is 25.2 Å². The van der Waals surface area contributed by atoms with Gasteiger partial charge < -0.3 is 9.73 Å². The molecule has 3 heteroatoms. The molecule has 9 rings (SSSR count). The number of hydrogen-bond donors (Lipinski definition) is 1. The van der Waals surface area contributed by atoms with Crippen LogP contribution in [0.15, 0.2) is 156 Å². The maximum atomic E-state index is 6.41. The first-order valence-corrected chi connectivity index (χ1v) is 16.3. The third-order valence-corrected chi connectivity index (χ3v) is 10.2. The lowest BCUT2D eigenvalue weighted by molar-refractivity contribution is 0.668. The van der Waals surface area contributed by atoms with Gasteiger partial charge in [0, 0.05) is 37.2 Å². The van der Waals surface area contributed by atoms with Crippen LogP contribution in [-0.2, 0) is 0 Å². The molecule has 0 spiro atoms. The van der Waals surface area contributed by atoms with Gasteiger partial charge in [-0.3, -0.25) is 0 Å². The van der Waals surface area contributed by atoms with E-state index >= 15 is 0 Å². The van der Waals surface area contributed by atoms with Crippen molar-refractivity contribution in [3.05, 3.63) is 163 Å². The fourth-order valence-electron chi connectivity index (χ4n) is 6.81. The number of furan rings is 1. The number of nitrogens with one attached hydrogen (secondary N) is 1. The fraction of sp³-hybridized carbons (Fsp3) is 0.0476. The maximum absolute atomic E-state index is 6.41. The number of anilines is 2. The molecule has 1 unspecified atom stereocenters. The van der Waals surface area contributed by atoms with Gasteiger partial charge in [0.2, 0.25) is 0 Å². The van der Waals surface area contributed by atoms with Crippen LogP contribution < -0.4 is 5.32 Å². The second-order valence-corrected chi connectivity index (χ2v) is 12.8. The summed E-state index contributed by atoms with van der Waals surface area (Å²) in [7, 11) is 0. The van der Waals surface area contributed by atoms with Crippen molar-refractivity contribution in [2.24, 2.45) is 0 Å². The van der Waals surface area contributed by atoms with E-state index in [1.54, 1.807) is 0 Å². The number of benzene rings is 6. The summed E-state index contributed by atoms with van der Waals surface area (Å²) in [5.74, 6) is 0.284. The van der Waals surface area contributed by atoms with Gasteiger partial charge in [-0.05, 0) is 82.8 Å². The number of rotatable bonds is 5. The van der Waals surface area contributed by atoms with Gasteiger partial charge >= 0.3 is 0 Å². The molecule has 1 aliphatic carbocycles. The summed E-state index contributed by atoms with van der Waals surface area (Å²) >= 11 is 1.86. The first-order chi connectivity index (χ1) is 22.3. The Morgan fingerprint density at radius 1 is 0.600 bits per heavy atom. The predicted molar refractivity (Wildman–Crippen MR) is 193 cm³/mol. The first kappa shape index (κ1) is 26.1. The predicted octanol–water partition coefficient (Wildman–Crippen LogP) is 12.5. The van der Waals surface area contributed by atoms with Crippen LogP contribution in [0.5, 0.6) is 0 Å². The lowest BCUT2D eigenvalue weighted by Gasteiger charge is -2.18. The van der Waals surface area contributed by atoms with Gasteiger partial charge in [0.25, 0.3) is 0 Å². The van der Waals surface area contributed by atoms with Crippen LogP contribution in [0, 0.1) is 0 Å². The molecule has 0 amide bonds. The van der Waals surface area contributed by atoms with Crippen molar-refractivity contribution in [2.75, 3.05) is 5.32 Å². The SMILES string of the molecule is C1=CC(c2cccc3oc4cccc(Nc5ccc(-c6ccc7sc8ccccc8c7c6)cc5)c4c23)CC=C1c1ccccc1. The second-order valence-electron chi connectivity index (χ2n) is 11.7. The number of hydrogen-bond acceptors (Lipinski definition) is 3. The van der Waals surface area contributed by atoms with Crippen molar-refractivity contribution in [3.8, 4) is 11.1 Å². The molecule has 2 heterocycles. The van der Waals surface area contributed by atoms with Crippen molar-refractivity contribution in [1.29, 1.82) is 0 Å². The Hall–Kier alpha value is -5.38. The Morgan fingerprint density at radius 2 is 1.36 bits per heavy atom. The zero-order chi connectivity index (χ0) is 29.7. The molecule has 0 fully saturated rings. The third-order valence-electron chi connectivity index (χ3n) is 9.03. The minimum Gasteiger partial charge on any atom is -0.456 e. The van der Waals surface area contributed by atoms with Crippen LogP contribution >= 0.6 is 11.3 Å². The average Bonchev–Trinajstić information content (AvgIpc) is 3.68. The fourth-order valence-corrected chi connectivity index (χ4v) is 7.90. The third kappa shape index (κ3) is 4.56. The average molecular weight is 596 g/mol. The second kappa shape index (κ2) is 10.7. The molecular formula is C42H29NOS. The first-order valence-electron chi connectivity index (χ1n) is 15.5. The normalized spacial score (nSPS) is 14.8. The van der Waals surface area contributed by atoms with E-state index in [1.807, 2.05) is 11.3 Å². The highest BCUT2D eigenvalue weighted by Gasteiger charge is 2.20. The molecule has 1 N–H and O–H groups in total. The summed E-state index contributed by atoms with van der Waals surface area (Å²) in [6, 6.07) is 47.6. The summed E-state index contributed by atoms with van der Waals surface area (Å²) < 4.78 is 9.07. The Kier molecular flexibility index (Phi) is 6.17. The van der Waals surface area contributed by atoms with Gasteiger partial charge in [-0.1, -0.05) is 103 Å². The van der Waals surface area contributed by atoms with Crippen LogP contribution in [-0.4, -0.2) is 0 Å². The standard InChI is InChI=1S/C42H29NOS/c1-2-8-27(9-3-1)28-16-18-30(19-17-28)33-11-6-13-37-41(33)42-36(12-7-14-38(42)44-37)43-32-23-20-29(21-24-32)31-22-25-40-35(26-31)34-10-4-5-15-39(34)45-40/h1-18,20-26,30,43H,19H2. The smallest absolute Gasteiger partial charge is 0.137 e. The zero-order valence-corrected chi connectivity index (χ0v) is 25.4. The molecule has 2 nitrogen and oxygen atoms in total. The van der Waals surface area contributed by atoms with E-state index < -0.39 is 0 Å². The highest BCUT2D eigenvalue weighted by molar-refractivity contribution is 7.25. The van der Waals surface area contributed by atoms with Crippen molar-refractivity contribution < 1.29 is 4.42 Å². The quantitative estimate of drug-likeness (QED) is 0.214. The molecule has 2 aromatic heterocycles. The highest BCUT2D eigenvalue weighted by Crippen LogP contribution is 2.42. The molecule has 1 aliphatic rings. The van der Waals surface area contributed by atoms with E-state index in [0.29, 0.717) is 0 Å². The monoisotopic (exact) mass is 595 g/mol. The van der Waals surface area contributed by atoms with E-state index in [2.05, 4.69) is 157 Å². The van der Waals surface area contributed by atoms with Crippen LogP contribution in [0.25, 0.3) is 58.8 Å². The number of fused-ring (bicyclic) bond motifs is 6. The van der Waals surface area contributed by atoms with Crippen molar-refractivity contribution in [2.45, 2.75) is 12.3 Å². The van der Waals surface area contributed by atoms with Crippen LogP contribution in [0.2, 0.25) is 0 Å². The molecule has 0 radical (unpaired) electrons. The van der Waals surface area contributed by atoms with E-state index in [-0.39, 0.29) is 5.92 Å². The Balaban J connectivity index is 1.05. The van der Waals surface area contributed by atoms with Gasteiger partial charge in [0.1, 0.15) is 11.2 Å². The van der Waals surface area contributed by atoms with E-state index in [4.69, 9.17) is 4.42 Å². The van der Waals surface area contributed by atoms with Gasteiger partial charge in [-0.25, -0.2) is 0 Å². The molecule has 8 aromatic rings. The van der Waals surface area contributed by atoms with Gasteiger partial charge in [0.15, 0.2) is 0 Å². The summed E-state index contributed by atoms with van der Waals surface area (Å²) in [5.41, 5.74) is 10.2. The minimum absolute atomic E-state index is 0.284. The molecule has 0 bridgehead atoms. The van der Waals surface area contributed by atoms with Crippen LogP contribution in [0.4, 0.5) is 11.4 Å². The molecule has 214 valence electrons. The lowest BCUT2D eigenvalue weighted by atomic mass is 9.86. The molecule has 1 atom stereocenters. The maximum Gasteiger partial charge on any atom is 0.137 e. The summed E-state index contributed by atoms with van der Waals surface area (Å²) in [5, 5.41) is 8.70. The van der Waals surface area contributed by atoms with E-state index in [9.17, 15) is 0 Å². The molecule has 6 aromatic carbocycles. The Morgan fingerprint density at radius 3 is 2.20 bits per heavy atom. The summed E-state index contributed by atoms with van der Waals surface area (Å²) in [6.45, 7) is 0. The van der Waals surface area contributed by atoms with Gasteiger partial charge in [-0.15, -0.1) is 11.3 Å². The molecular weight excluding hydrogens is 567 g/mol. The molecule has 45 heavy (non-hydrogen) atoms. The van der Waals surface area contributed by atoms with E-state index in [1.165, 1.54) is 53.4 Å². The van der Waals surface area contributed by atoms with Crippen LogP contribution in [0.3, 0.4) is 0 Å². The van der Waals surface area contributed by atoms with Crippen molar-refractivity contribution in [3.63, 3.8) is 0 Å². The summed E-state index contributed by atoms with van der Waals surface area (Å²) in [4.78, 5) is 0. The highest BCUT2D eigenvalue weighted by atomic mass is 32.1. The number of allylic oxidation sites excluding steroid dienone is 4. The van der Waals surface area contributed by atoms with E-state index in [0.717, 1.165) is 34.3 Å².